The van der Waals surface area contributed by atoms with Gasteiger partial charge in [0.15, 0.2) is 5.82 Å². The van der Waals surface area contributed by atoms with Gasteiger partial charge in [-0.05, 0) is 31.5 Å². The van der Waals surface area contributed by atoms with E-state index in [-0.39, 0.29) is 24.1 Å². The fourth-order valence-electron chi connectivity index (χ4n) is 5.02. The van der Waals surface area contributed by atoms with Crippen molar-refractivity contribution in [1.29, 1.82) is 0 Å². The van der Waals surface area contributed by atoms with Crippen LogP contribution in [0.4, 0.5) is 27.6 Å². The molecule has 0 spiro atoms. The van der Waals surface area contributed by atoms with Crippen LogP contribution in [-0.4, -0.2) is 56.4 Å². The quantitative estimate of drug-likeness (QED) is 0.382. The Morgan fingerprint density at radius 3 is 2.80 bits per heavy atom. The molecule has 2 aliphatic heterocycles. The Balaban J connectivity index is 1.56. The first-order valence-electron chi connectivity index (χ1n) is 10.7. The number of hydrogen-bond acceptors (Lipinski definition) is 7. The molecule has 5 rings (SSSR count). The van der Waals surface area contributed by atoms with E-state index in [4.69, 9.17) is 22.1 Å². The second-order valence-corrected chi connectivity index (χ2v) is 9.21. The first kappa shape index (κ1) is 23.7. The van der Waals surface area contributed by atoms with Gasteiger partial charge in [0.05, 0.1) is 21.5 Å². The minimum Gasteiger partial charge on any atom is -0.493 e. The molecule has 2 atom stereocenters. The number of alkyl halides is 4. The smallest absolute Gasteiger partial charge is 0.418 e. The van der Waals surface area contributed by atoms with E-state index in [2.05, 4.69) is 15.0 Å². The van der Waals surface area contributed by atoms with E-state index < -0.39 is 63.0 Å². The third-order valence-corrected chi connectivity index (χ3v) is 6.82. The second kappa shape index (κ2) is 8.30. The average molecular weight is 516 g/mol. The Bertz CT molecular complexity index is 1320. The largest absolute Gasteiger partial charge is 0.493 e. The van der Waals surface area contributed by atoms with Gasteiger partial charge in [0, 0.05) is 30.4 Å². The zero-order valence-electron chi connectivity index (χ0n) is 18.0. The number of fused-ring (bicyclic) bond motifs is 2. The molecule has 2 aliphatic rings. The number of nitrogens with two attached hydrogens (primary N) is 1. The lowest BCUT2D eigenvalue weighted by Gasteiger charge is -2.30. The van der Waals surface area contributed by atoms with Crippen molar-refractivity contribution in [3.63, 3.8) is 0 Å². The van der Waals surface area contributed by atoms with Crippen LogP contribution in [0.5, 0.6) is 11.9 Å². The van der Waals surface area contributed by atoms with Crippen LogP contribution in [0.25, 0.3) is 22.2 Å². The van der Waals surface area contributed by atoms with Gasteiger partial charge in [-0.1, -0.05) is 11.6 Å². The van der Waals surface area contributed by atoms with Gasteiger partial charge in [-0.2, -0.15) is 23.1 Å². The molecule has 0 bridgehead atoms. The summed E-state index contributed by atoms with van der Waals surface area (Å²) in [6.07, 6.45) is -3.13. The van der Waals surface area contributed by atoms with E-state index in [1.54, 1.807) is 0 Å². The summed E-state index contributed by atoms with van der Waals surface area (Å²) >= 11 is 5.78. The van der Waals surface area contributed by atoms with Gasteiger partial charge in [0.25, 0.3) is 0 Å². The van der Waals surface area contributed by atoms with Crippen molar-refractivity contribution in [3.8, 4) is 23.1 Å². The first-order chi connectivity index (χ1) is 16.5. The molecule has 1 aromatic carbocycles. The van der Waals surface area contributed by atoms with Crippen molar-refractivity contribution < 1.29 is 31.8 Å². The second-order valence-electron chi connectivity index (χ2n) is 8.80. The molecule has 186 valence electrons. The molecule has 0 unspecified atom stereocenters. The Hall–Kier alpha value is -2.99. The van der Waals surface area contributed by atoms with Crippen LogP contribution in [0.15, 0.2) is 18.3 Å². The van der Waals surface area contributed by atoms with Crippen molar-refractivity contribution in [3.05, 3.63) is 34.7 Å². The number of aromatic nitrogens is 3. The highest BCUT2D eigenvalue weighted by molar-refractivity contribution is 6.32. The zero-order valence-corrected chi connectivity index (χ0v) is 18.8. The van der Waals surface area contributed by atoms with Crippen LogP contribution >= 0.6 is 11.6 Å². The summed E-state index contributed by atoms with van der Waals surface area (Å²) in [6.45, 7) is 1.03. The summed E-state index contributed by atoms with van der Waals surface area (Å²) in [4.78, 5) is 13.5. The summed E-state index contributed by atoms with van der Waals surface area (Å²) in [5.41, 5.74) is 1.78. The maximum Gasteiger partial charge on any atom is 0.418 e. The fourth-order valence-corrected chi connectivity index (χ4v) is 5.36. The number of ether oxygens (including phenoxy) is 1. The average Bonchev–Trinajstić information content (AvgIpc) is 3.27. The Labute approximate surface area is 200 Å². The molecule has 35 heavy (non-hydrogen) atoms. The van der Waals surface area contributed by atoms with E-state index in [0.717, 1.165) is 31.3 Å². The molecule has 13 heteroatoms. The molecule has 3 N–H and O–H groups in total. The maximum atomic E-state index is 15.5. The molecular formula is C22H19ClF5N5O2. The van der Waals surface area contributed by atoms with Crippen molar-refractivity contribution >= 4 is 28.2 Å². The van der Waals surface area contributed by atoms with Crippen molar-refractivity contribution in [2.45, 2.75) is 37.1 Å². The highest BCUT2D eigenvalue weighted by Crippen LogP contribution is 2.44. The summed E-state index contributed by atoms with van der Waals surface area (Å²) < 4.78 is 76.2. The lowest BCUT2D eigenvalue weighted by molar-refractivity contribution is -0.137. The van der Waals surface area contributed by atoms with Crippen LogP contribution in [0.3, 0.4) is 0 Å². The highest BCUT2D eigenvalue weighted by atomic mass is 35.5. The van der Waals surface area contributed by atoms with E-state index in [0.29, 0.717) is 13.0 Å². The fraction of sp³-hybridized carbons (Fsp3) is 0.409. The van der Waals surface area contributed by atoms with Gasteiger partial charge in [-0.3, -0.25) is 9.88 Å². The van der Waals surface area contributed by atoms with E-state index in [1.165, 1.54) is 0 Å². The van der Waals surface area contributed by atoms with Gasteiger partial charge < -0.3 is 15.6 Å². The zero-order chi connectivity index (χ0) is 25.1. The van der Waals surface area contributed by atoms with Crippen LogP contribution in [-0.2, 0) is 6.18 Å². The lowest BCUT2D eigenvalue weighted by atomic mass is 9.95. The number of nitrogen functional groups attached to an aromatic ring is 1. The summed E-state index contributed by atoms with van der Waals surface area (Å²) in [5, 5.41) is 9.36. The molecule has 2 aromatic heterocycles. The highest BCUT2D eigenvalue weighted by Gasteiger charge is 2.49. The topological polar surface area (TPSA) is 97.4 Å². The molecule has 2 saturated heterocycles. The third-order valence-electron chi connectivity index (χ3n) is 6.53. The normalized spacial score (nSPS) is 22.6. The number of hydrogen-bond donors (Lipinski definition) is 2. The molecule has 0 aliphatic carbocycles. The van der Waals surface area contributed by atoms with Gasteiger partial charge in [0.1, 0.15) is 24.0 Å². The monoisotopic (exact) mass is 515 g/mol. The van der Waals surface area contributed by atoms with Crippen molar-refractivity contribution in [2.75, 3.05) is 25.4 Å². The van der Waals surface area contributed by atoms with Gasteiger partial charge in [-0.15, -0.1) is 0 Å². The number of benzene rings is 1. The number of pyridine rings is 1. The molecule has 3 aromatic rings. The first-order valence-corrected chi connectivity index (χ1v) is 11.1. The Morgan fingerprint density at radius 1 is 1.29 bits per heavy atom. The number of aromatic hydroxyl groups is 1. The summed E-state index contributed by atoms with van der Waals surface area (Å²) in [7, 11) is 0. The van der Waals surface area contributed by atoms with Gasteiger partial charge in [0.2, 0.25) is 5.88 Å². The van der Waals surface area contributed by atoms with Crippen molar-refractivity contribution in [2.24, 2.45) is 0 Å². The number of anilines is 1. The Kier molecular flexibility index (Phi) is 5.63. The Morgan fingerprint density at radius 2 is 2.06 bits per heavy atom. The molecule has 0 amide bonds. The molecule has 0 radical (unpaired) electrons. The molecule has 7 nitrogen and oxygen atoms in total. The van der Waals surface area contributed by atoms with Crippen LogP contribution in [0.2, 0.25) is 5.02 Å². The third kappa shape index (κ3) is 4.08. The summed E-state index contributed by atoms with van der Waals surface area (Å²) in [6, 6.07) is 1.42. The predicted octanol–water partition coefficient (Wildman–Crippen LogP) is 4.75. The van der Waals surface area contributed by atoms with Gasteiger partial charge >= 0.3 is 12.2 Å². The van der Waals surface area contributed by atoms with Crippen LogP contribution < -0.4 is 10.5 Å². The number of halogens is 6. The standard InChI is InChI=1S/C22H19ClF5N5O2/c23-14-5-11(29)4-12(15(14)22(26,27)28)17-16(25)18-13(7-30-17)19(34)32-20(31-18)35-9-21-2-1-3-33(21)8-10(24)6-21/h4-5,7,10H,1-3,6,8-9,29H2,(H,31,32,34)/t10-,21+/m1/s1. The van der Waals surface area contributed by atoms with Crippen LogP contribution in [0, 0.1) is 5.82 Å². The molecule has 0 saturated carbocycles. The van der Waals surface area contributed by atoms with Crippen molar-refractivity contribution in [1.82, 2.24) is 19.9 Å². The summed E-state index contributed by atoms with van der Waals surface area (Å²) in [5.74, 6) is -1.91. The van der Waals surface area contributed by atoms with E-state index >= 15 is 4.39 Å². The molecular weight excluding hydrogens is 497 g/mol. The maximum absolute atomic E-state index is 15.5. The molecule has 4 heterocycles. The van der Waals surface area contributed by atoms with E-state index in [1.807, 2.05) is 4.90 Å². The predicted molar refractivity (Wildman–Crippen MR) is 117 cm³/mol. The minimum absolute atomic E-state index is 0.0149. The number of nitrogens with zero attached hydrogens (tertiary/aromatic N) is 4. The van der Waals surface area contributed by atoms with Crippen LogP contribution in [0.1, 0.15) is 24.8 Å². The van der Waals surface area contributed by atoms with Gasteiger partial charge in [-0.25, -0.2) is 8.78 Å². The SMILES string of the molecule is Nc1cc(Cl)c(C(F)(F)F)c(-c2ncc3c(O)nc(OC[C@@]45CCCN4C[C@H](F)C5)nc3c2F)c1. The lowest BCUT2D eigenvalue weighted by Crippen LogP contribution is -2.43. The number of rotatable bonds is 4. The molecule has 2 fully saturated rings. The minimum atomic E-state index is -4.92. The van der Waals surface area contributed by atoms with E-state index in [9.17, 15) is 22.7 Å².